The van der Waals surface area contributed by atoms with Crippen molar-refractivity contribution in [2.75, 3.05) is 34.4 Å². The number of hydrogen-bond donors (Lipinski definition) is 1. The summed E-state index contributed by atoms with van der Waals surface area (Å²) in [5, 5.41) is 14.1. The molecule has 0 radical (unpaired) electrons. The third kappa shape index (κ3) is 5.41. The second kappa shape index (κ2) is 9.83. The Kier molecular flexibility index (Phi) is 7.49. The van der Waals surface area contributed by atoms with Crippen molar-refractivity contribution in [3.05, 3.63) is 63.5 Å². The lowest BCUT2D eigenvalue weighted by Gasteiger charge is -2.25. The highest BCUT2D eigenvalue weighted by molar-refractivity contribution is 5.99. The molecule has 0 fully saturated rings. The molecule has 2 rings (SSSR count). The van der Waals surface area contributed by atoms with Gasteiger partial charge in [-0.1, -0.05) is 12.1 Å². The Hall–Kier alpha value is -3.20. The van der Waals surface area contributed by atoms with Crippen LogP contribution >= 0.6 is 0 Å². The Morgan fingerprint density at radius 3 is 2.55 bits per heavy atom. The van der Waals surface area contributed by atoms with Crippen LogP contribution in [0.2, 0.25) is 0 Å². The number of ether oxygens (including phenoxy) is 2. The number of methoxy groups -OCH3 is 1. The van der Waals surface area contributed by atoms with Crippen LogP contribution < -0.4 is 14.8 Å². The van der Waals surface area contributed by atoms with Gasteiger partial charge in [0.15, 0.2) is 11.5 Å². The van der Waals surface area contributed by atoms with Gasteiger partial charge in [-0.05, 0) is 38.7 Å². The van der Waals surface area contributed by atoms with E-state index in [0.717, 1.165) is 6.07 Å². The molecule has 0 saturated carbocycles. The van der Waals surface area contributed by atoms with Crippen LogP contribution in [0.4, 0.5) is 10.1 Å². The monoisotopic (exact) mass is 405 g/mol. The SMILES string of the molecule is CCOc1cc(C(=O)NCC(c2cccc(F)c2)N(C)C)c([N+](=O)[O-])cc1OC. The lowest BCUT2D eigenvalue weighted by atomic mass is 10.1. The van der Waals surface area contributed by atoms with E-state index in [2.05, 4.69) is 5.32 Å². The number of benzene rings is 2. The van der Waals surface area contributed by atoms with Gasteiger partial charge < -0.3 is 19.7 Å². The molecule has 0 heterocycles. The molecule has 9 heteroatoms. The molecular formula is C20H24FN3O5. The summed E-state index contributed by atoms with van der Waals surface area (Å²) in [7, 11) is 4.96. The highest BCUT2D eigenvalue weighted by Crippen LogP contribution is 2.34. The average Bonchev–Trinajstić information content (AvgIpc) is 2.67. The predicted molar refractivity (Wildman–Crippen MR) is 106 cm³/mol. The van der Waals surface area contributed by atoms with Gasteiger partial charge in [0.25, 0.3) is 11.6 Å². The first-order valence-electron chi connectivity index (χ1n) is 8.97. The number of likely N-dealkylation sites (N-methyl/N-ethyl adjacent to an activating group) is 1. The average molecular weight is 405 g/mol. The van der Waals surface area contributed by atoms with Crippen LogP contribution in [0, 0.1) is 15.9 Å². The topological polar surface area (TPSA) is 93.9 Å². The molecule has 8 nitrogen and oxygen atoms in total. The Bertz CT molecular complexity index is 888. The number of nitro groups is 1. The van der Waals surface area contributed by atoms with Gasteiger partial charge in [-0.2, -0.15) is 0 Å². The fraction of sp³-hybridized carbons (Fsp3) is 0.350. The van der Waals surface area contributed by atoms with Gasteiger partial charge in [0, 0.05) is 12.6 Å². The summed E-state index contributed by atoms with van der Waals surface area (Å²) in [6.45, 7) is 2.18. The minimum absolute atomic E-state index is 0.127. The molecule has 0 spiro atoms. The highest BCUT2D eigenvalue weighted by atomic mass is 19.1. The van der Waals surface area contributed by atoms with Crippen LogP contribution in [0.25, 0.3) is 0 Å². The largest absolute Gasteiger partial charge is 0.493 e. The van der Waals surface area contributed by atoms with Crippen molar-refractivity contribution in [1.82, 2.24) is 10.2 Å². The third-order valence-electron chi connectivity index (χ3n) is 4.34. The first kappa shape index (κ1) is 22.1. The maximum Gasteiger partial charge on any atom is 0.286 e. The molecule has 1 N–H and O–H groups in total. The normalized spacial score (nSPS) is 11.8. The van der Waals surface area contributed by atoms with Gasteiger partial charge in [0.05, 0.1) is 30.7 Å². The number of nitro benzene ring substituents is 1. The quantitative estimate of drug-likeness (QED) is 0.509. The van der Waals surface area contributed by atoms with Gasteiger partial charge in [0.1, 0.15) is 11.4 Å². The number of halogens is 1. The minimum Gasteiger partial charge on any atom is -0.493 e. The summed E-state index contributed by atoms with van der Waals surface area (Å²) < 4.78 is 24.1. The van der Waals surface area contributed by atoms with Gasteiger partial charge in [-0.25, -0.2) is 4.39 Å². The summed E-state index contributed by atoms with van der Waals surface area (Å²) in [4.78, 5) is 25.4. The molecule has 29 heavy (non-hydrogen) atoms. The molecule has 0 aliphatic carbocycles. The van der Waals surface area contributed by atoms with Gasteiger partial charge in [0.2, 0.25) is 0 Å². The van der Waals surface area contributed by atoms with E-state index in [-0.39, 0.29) is 35.5 Å². The molecule has 0 aromatic heterocycles. The zero-order valence-electron chi connectivity index (χ0n) is 16.8. The lowest BCUT2D eigenvalue weighted by molar-refractivity contribution is -0.385. The van der Waals surface area contributed by atoms with E-state index >= 15 is 0 Å². The van der Waals surface area contributed by atoms with Crippen LogP contribution in [0.5, 0.6) is 11.5 Å². The molecule has 156 valence electrons. The second-order valence-electron chi connectivity index (χ2n) is 6.45. The third-order valence-corrected chi connectivity index (χ3v) is 4.34. The molecule has 1 amide bonds. The molecule has 1 atom stereocenters. The van der Waals surface area contributed by atoms with E-state index in [9.17, 15) is 19.3 Å². The fourth-order valence-electron chi connectivity index (χ4n) is 2.91. The van der Waals surface area contributed by atoms with Crippen LogP contribution in [0.3, 0.4) is 0 Å². The number of nitrogens with zero attached hydrogens (tertiary/aromatic N) is 2. The van der Waals surface area contributed by atoms with Crippen molar-refractivity contribution >= 4 is 11.6 Å². The van der Waals surface area contributed by atoms with Crippen molar-refractivity contribution in [3.63, 3.8) is 0 Å². The number of carbonyl (C=O) groups excluding carboxylic acids is 1. The first-order valence-corrected chi connectivity index (χ1v) is 8.97. The zero-order valence-corrected chi connectivity index (χ0v) is 16.8. The van der Waals surface area contributed by atoms with E-state index < -0.39 is 16.5 Å². The molecule has 0 saturated heterocycles. The number of amides is 1. The molecule has 1 unspecified atom stereocenters. The van der Waals surface area contributed by atoms with E-state index in [1.54, 1.807) is 33.2 Å². The van der Waals surface area contributed by atoms with E-state index in [0.29, 0.717) is 12.2 Å². The van der Waals surface area contributed by atoms with Crippen LogP contribution in [0.15, 0.2) is 36.4 Å². The summed E-state index contributed by atoms with van der Waals surface area (Å²) >= 11 is 0. The molecule has 2 aromatic carbocycles. The number of carbonyl (C=O) groups is 1. The summed E-state index contributed by atoms with van der Waals surface area (Å²) in [6.07, 6.45) is 0. The fourth-order valence-corrected chi connectivity index (χ4v) is 2.91. The van der Waals surface area contributed by atoms with Gasteiger partial charge in [-0.3, -0.25) is 14.9 Å². The zero-order chi connectivity index (χ0) is 21.6. The van der Waals surface area contributed by atoms with Gasteiger partial charge in [-0.15, -0.1) is 0 Å². The second-order valence-corrected chi connectivity index (χ2v) is 6.45. The predicted octanol–water partition coefficient (Wildman–Crippen LogP) is 3.17. The summed E-state index contributed by atoms with van der Waals surface area (Å²) in [6, 6.07) is 8.20. The molecule has 0 bridgehead atoms. The van der Waals surface area contributed by atoms with Crippen molar-refractivity contribution in [1.29, 1.82) is 0 Å². The Morgan fingerprint density at radius 2 is 2.00 bits per heavy atom. The van der Waals surface area contributed by atoms with E-state index in [1.165, 1.54) is 25.3 Å². The Labute approximate surface area is 168 Å². The first-order chi connectivity index (χ1) is 13.8. The summed E-state index contributed by atoms with van der Waals surface area (Å²) in [5.74, 6) is -0.613. The maximum atomic E-state index is 13.6. The lowest BCUT2D eigenvalue weighted by Crippen LogP contribution is -2.34. The minimum atomic E-state index is -0.650. The van der Waals surface area contributed by atoms with Crippen LogP contribution in [-0.4, -0.2) is 50.1 Å². The maximum absolute atomic E-state index is 13.6. The van der Waals surface area contributed by atoms with Crippen molar-refractivity contribution in [2.24, 2.45) is 0 Å². The Balaban J connectivity index is 2.30. The van der Waals surface area contributed by atoms with E-state index in [4.69, 9.17) is 9.47 Å². The van der Waals surface area contributed by atoms with Crippen LogP contribution in [-0.2, 0) is 0 Å². The van der Waals surface area contributed by atoms with Crippen molar-refractivity contribution in [3.8, 4) is 11.5 Å². The van der Waals surface area contributed by atoms with E-state index in [1.807, 2.05) is 4.90 Å². The van der Waals surface area contributed by atoms with Crippen molar-refractivity contribution < 1.29 is 23.6 Å². The summed E-state index contributed by atoms with van der Waals surface area (Å²) in [5.41, 5.74) is 0.139. The standard InChI is InChI=1S/C20H24FN3O5/c1-5-29-19-10-15(16(24(26)27)11-18(19)28-4)20(25)22-12-17(23(2)3)13-7-6-8-14(21)9-13/h6-11,17H,5,12H2,1-4H3,(H,22,25). The van der Waals surface area contributed by atoms with Crippen molar-refractivity contribution in [2.45, 2.75) is 13.0 Å². The molecule has 0 aliphatic rings. The smallest absolute Gasteiger partial charge is 0.286 e. The van der Waals surface area contributed by atoms with Gasteiger partial charge >= 0.3 is 0 Å². The Morgan fingerprint density at radius 1 is 1.28 bits per heavy atom. The number of nitrogens with one attached hydrogen (secondary N) is 1. The van der Waals surface area contributed by atoms with Crippen LogP contribution in [0.1, 0.15) is 28.9 Å². The molecule has 2 aromatic rings. The highest BCUT2D eigenvalue weighted by Gasteiger charge is 2.25. The number of hydrogen-bond acceptors (Lipinski definition) is 6. The number of rotatable bonds is 9. The molecular weight excluding hydrogens is 381 g/mol. The molecule has 0 aliphatic heterocycles.